The number of anilines is 1. The zero-order chi connectivity index (χ0) is 24.7. The predicted molar refractivity (Wildman–Crippen MR) is 133 cm³/mol. The average Bonchev–Trinajstić information content (AvgIpc) is 3.36. The Morgan fingerprint density at radius 1 is 1.03 bits per heavy atom. The summed E-state index contributed by atoms with van der Waals surface area (Å²) in [5.74, 6) is -0.0386. The highest BCUT2D eigenvalue weighted by atomic mass is 16.3. The number of piperidine rings is 1. The summed E-state index contributed by atoms with van der Waals surface area (Å²) in [7, 11) is 0. The number of fused-ring (bicyclic) bond motifs is 1. The molecule has 0 atom stereocenters. The molecule has 2 saturated heterocycles. The maximum atomic E-state index is 13.0. The van der Waals surface area contributed by atoms with Gasteiger partial charge in [0.05, 0.1) is 31.3 Å². The Hall–Kier alpha value is -4.11. The number of para-hydroxylation sites is 1. The lowest BCUT2D eigenvalue weighted by Crippen LogP contribution is -2.61. The molecular weight excluding hydrogens is 456 g/mol. The summed E-state index contributed by atoms with van der Waals surface area (Å²) in [6.07, 6.45) is 5.98. The van der Waals surface area contributed by atoms with E-state index in [1.54, 1.807) is 39.0 Å². The first-order chi connectivity index (χ1) is 17.5. The maximum absolute atomic E-state index is 13.0. The molecule has 182 valence electrons. The minimum atomic E-state index is -1.23. The standard InChI is InChI=1S/C27H26N6O3/c34-24-8-1-2-14-33(24)22-11-9-20(10-12-22)26(35)31-17-27(36,18-31)23-16-32(30-29-23)15-21-6-3-5-19-7-4-13-28-25(19)21/h3-7,9-13,16,36H,1-2,8,14-15,17-18H2. The number of aromatic nitrogens is 4. The van der Waals surface area contributed by atoms with Crippen LogP contribution < -0.4 is 4.90 Å². The van der Waals surface area contributed by atoms with E-state index in [-0.39, 0.29) is 24.9 Å². The van der Waals surface area contributed by atoms with Crippen LogP contribution in [0.4, 0.5) is 5.69 Å². The summed E-state index contributed by atoms with van der Waals surface area (Å²) < 4.78 is 1.68. The fourth-order valence-corrected chi connectivity index (χ4v) is 4.99. The second kappa shape index (κ2) is 8.83. The van der Waals surface area contributed by atoms with Crippen molar-refractivity contribution in [3.63, 3.8) is 0 Å². The Balaban J connectivity index is 1.11. The minimum absolute atomic E-state index is 0.123. The van der Waals surface area contributed by atoms with Crippen molar-refractivity contribution in [3.8, 4) is 0 Å². The molecule has 0 aliphatic carbocycles. The van der Waals surface area contributed by atoms with Gasteiger partial charge in [-0.25, -0.2) is 4.68 Å². The number of β-amino-alcohol motifs (C(OH)–C–C–N with tert-alkyl or cyclic N) is 1. The largest absolute Gasteiger partial charge is 0.380 e. The zero-order valence-corrected chi connectivity index (χ0v) is 19.7. The van der Waals surface area contributed by atoms with E-state index in [0.29, 0.717) is 30.8 Å². The molecule has 0 spiro atoms. The molecule has 2 amide bonds. The Kier molecular flexibility index (Phi) is 5.49. The van der Waals surface area contributed by atoms with Gasteiger partial charge in [-0.1, -0.05) is 29.5 Å². The zero-order valence-electron chi connectivity index (χ0n) is 19.7. The van der Waals surface area contributed by atoms with Crippen molar-refractivity contribution in [2.45, 2.75) is 31.4 Å². The van der Waals surface area contributed by atoms with Gasteiger partial charge in [0, 0.05) is 35.8 Å². The summed E-state index contributed by atoms with van der Waals surface area (Å²) >= 11 is 0. The number of carbonyl (C=O) groups excluding carboxylic acids is 2. The van der Waals surface area contributed by atoms with Crippen molar-refractivity contribution >= 4 is 28.4 Å². The van der Waals surface area contributed by atoms with Gasteiger partial charge in [0.1, 0.15) is 11.3 Å². The van der Waals surface area contributed by atoms with Gasteiger partial charge < -0.3 is 14.9 Å². The monoisotopic (exact) mass is 482 g/mol. The SMILES string of the molecule is O=C(c1ccc(N2CCCCC2=O)cc1)N1CC(O)(c2cn(Cc3cccc4cccnc34)nn2)C1. The van der Waals surface area contributed by atoms with E-state index < -0.39 is 5.60 Å². The summed E-state index contributed by atoms with van der Waals surface area (Å²) in [4.78, 5) is 33.0. The third-order valence-electron chi connectivity index (χ3n) is 7.01. The lowest BCUT2D eigenvalue weighted by molar-refractivity contribution is -0.119. The number of aliphatic hydroxyl groups is 1. The van der Waals surface area contributed by atoms with Crippen LogP contribution in [0.3, 0.4) is 0 Å². The van der Waals surface area contributed by atoms with Crippen molar-refractivity contribution in [1.29, 1.82) is 0 Å². The molecule has 9 nitrogen and oxygen atoms in total. The average molecular weight is 483 g/mol. The van der Waals surface area contributed by atoms with E-state index in [4.69, 9.17) is 0 Å². The van der Waals surface area contributed by atoms with Gasteiger partial charge in [-0.05, 0) is 48.7 Å². The molecule has 6 rings (SSSR count). The van der Waals surface area contributed by atoms with Crippen molar-refractivity contribution in [3.05, 3.63) is 83.8 Å². The highest BCUT2D eigenvalue weighted by Crippen LogP contribution is 2.32. The number of likely N-dealkylation sites (tertiary alicyclic amines) is 1. The van der Waals surface area contributed by atoms with E-state index in [1.165, 1.54) is 0 Å². The molecule has 36 heavy (non-hydrogen) atoms. The molecule has 2 aromatic carbocycles. The Morgan fingerprint density at radius 2 is 1.83 bits per heavy atom. The minimum Gasteiger partial charge on any atom is -0.380 e. The van der Waals surface area contributed by atoms with E-state index in [0.717, 1.165) is 35.0 Å². The van der Waals surface area contributed by atoms with Gasteiger partial charge >= 0.3 is 0 Å². The number of hydrogen-bond donors (Lipinski definition) is 1. The van der Waals surface area contributed by atoms with E-state index in [9.17, 15) is 14.7 Å². The van der Waals surface area contributed by atoms with Gasteiger partial charge in [0.15, 0.2) is 0 Å². The Bertz CT molecular complexity index is 1440. The summed E-state index contributed by atoms with van der Waals surface area (Å²) in [6.45, 7) is 1.48. The second-order valence-electron chi connectivity index (χ2n) is 9.54. The van der Waals surface area contributed by atoms with E-state index in [2.05, 4.69) is 15.3 Å². The highest BCUT2D eigenvalue weighted by Gasteiger charge is 2.47. The number of benzene rings is 2. The van der Waals surface area contributed by atoms with Crippen LogP contribution in [-0.2, 0) is 16.9 Å². The quantitative estimate of drug-likeness (QED) is 0.469. The van der Waals surface area contributed by atoms with Crippen LogP contribution in [0.1, 0.15) is 40.9 Å². The molecule has 0 bridgehead atoms. The molecule has 9 heteroatoms. The van der Waals surface area contributed by atoms with Crippen LogP contribution in [0.5, 0.6) is 0 Å². The molecule has 0 radical (unpaired) electrons. The van der Waals surface area contributed by atoms with Gasteiger partial charge in [0.25, 0.3) is 5.91 Å². The number of amides is 2. The lowest BCUT2D eigenvalue weighted by Gasteiger charge is -2.45. The Labute approximate surface area is 208 Å². The van der Waals surface area contributed by atoms with Crippen molar-refractivity contribution < 1.29 is 14.7 Å². The normalized spacial score (nSPS) is 17.3. The van der Waals surface area contributed by atoms with E-state index in [1.807, 2.05) is 42.5 Å². The van der Waals surface area contributed by atoms with Crippen LogP contribution in [0.15, 0.2) is 67.0 Å². The molecule has 2 aliphatic heterocycles. The predicted octanol–water partition coefficient (Wildman–Crippen LogP) is 2.74. The third kappa shape index (κ3) is 4.01. The molecule has 4 heterocycles. The van der Waals surface area contributed by atoms with Crippen LogP contribution >= 0.6 is 0 Å². The molecule has 2 fully saturated rings. The summed E-state index contributed by atoms with van der Waals surface area (Å²) in [6, 6.07) is 17.0. The molecule has 4 aromatic rings. The third-order valence-corrected chi connectivity index (χ3v) is 7.01. The van der Waals surface area contributed by atoms with Crippen LogP contribution in [0, 0.1) is 0 Å². The first-order valence-electron chi connectivity index (χ1n) is 12.2. The highest BCUT2D eigenvalue weighted by molar-refractivity contribution is 5.97. The van der Waals surface area contributed by atoms with Crippen LogP contribution in [0.2, 0.25) is 0 Å². The Morgan fingerprint density at radius 3 is 2.64 bits per heavy atom. The fourth-order valence-electron chi connectivity index (χ4n) is 4.99. The van der Waals surface area contributed by atoms with Gasteiger partial charge in [-0.2, -0.15) is 0 Å². The second-order valence-corrected chi connectivity index (χ2v) is 9.54. The first-order valence-corrected chi connectivity index (χ1v) is 12.2. The van der Waals surface area contributed by atoms with Gasteiger partial charge in [0.2, 0.25) is 5.91 Å². The lowest BCUT2D eigenvalue weighted by atomic mass is 9.90. The number of hydrogen-bond acceptors (Lipinski definition) is 6. The van der Waals surface area contributed by atoms with E-state index >= 15 is 0 Å². The summed E-state index contributed by atoms with van der Waals surface area (Å²) in [5.41, 5.74) is 2.47. The molecule has 2 aliphatic rings. The fraction of sp³-hybridized carbons (Fsp3) is 0.296. The van der Waals surface area contributed by atoms with Crippen molar-refractivity contribution in [1.82, 2.24) is 24.9 Å². The first kappa shape index (κ1) is 22.4. The number of nitrogens with zero attached hydrogens (tertiary/aromatic N) is 6. The van der Waals surface area contributed by atoms with Crippen molar-refractivity contribution in [2.75, 3.05) is 24.5 Å². The number of pyridine rings is 1. The molecule has 1 N–H and O–H groups in total. The molecule has 0 unspecified atom stereocenters. The van der Waals surface area contributed by atoms with Crippen LogP contribution in [0.25, 0.3) is 10.9 Å². The smallest absolute Gasteiger partial charge is 0.254 e. The van der Waals surface area contributed by atoms with Gasteiger partial charge in [-0.15, -0.1) is 5.10 Å². The summed E-state index contributed by atoms with van der Waals surface area (Å²) in [5, 5.41) is 20.5. The molecule has 0 saturated carbocycles. The topological polar surface area (TPSA) is 104 Å². The number of carbonyl (C=O) groups is 2. The molecular formula is C27H26N6O3. The molecule has 2 aromatic heterocycles. The maximum Gasteiger partial charge on any atom is 0.254 e. The van der Waals surface area contributed by atoms with Crippen molar-refractivity contribution in [2.24, 2.45) is 0 Å². The van der Waals surface area contributed by atoms with Gasteiger partial charge in [-0.3, -0.25) is 14.6 Å². The van der Waals surface area contributed by atoms with Crippen LogP contribution in [-0.4, -0.2) is 61.4 Å². The number of rotatable bonds is 5.